The lowest BCUT2D eigenvalue weighted by Crippen LogP contribution is -2.52. The number of nitrogens with zero attached hydrogens (tertiary/aromatic N) is 2. The molecule has 1 saturated heterocycles. The zero-order valence-electron chi connectivity index (χ0n) is 19.4. The maximum atomic E-state index is 13.5. The fourth-order valence-electron chi connectivity index (χ4n) is 4.37. The summed E-state index contributed by atoms with van der Waals surface area (Å²) in [5.41, 5.74) is 0.447. The van der Waals surface area contributed by atoms with Crippen LogP contribution in [-0.4, -0.2) is 77.0 Å². The van der Waals surface area contributed by atoms with Crippen molar-refractivity contribution >= 4 is 28.0 Å². The number of amides is 1. The third-order valence-corrected chi connectivity index (χ3v) is 8.11. The van der Waals surface area contributed by atoms with Crippen LogP contribution >= 0.6 is 0 Å². The van der Waals surface area contributed by atoms with Gasteiger partial charge in [0, 0.05) is 38.2 Å². The lowest BCUT2D eigenvalue weighted by Gasteiger charge is -2.36. The molecule has 1 aromatic carbocycles. The van der Waals surface area contributed by atoms with Crippen molar-refractivity contribution in [3.05, 3.63) is 23.8 Å². The average molecular weight is 481 g/mol. The van der Waals surface area contributed by atoms with Crippen molar-refractivity contribution in [3.8, 4) is 11.5 Å². The van der Waals surface area contributed by atoms with E-state index in [4.69, 9.17) is 9.47 Å². The number of sulfonamides is 1. The van der Waals surface area contributed by atoms with Gasteiger partial charge in [0.1, 0.15) is 4.90 Å². The molecule has 0 unspecified atom stereocenters. The van der Waals surface area contributed by atoms with E-state index in [1.54, 1.807) is 11.0 Å². The predicted octanol–water partition coefficient (Wildman–Crippen LogP) is 2.30. The van der Waals surface area contributed by atoms with E-state index in [0.29, 0.717) is 18.7 Å². The van der Waals surface area contributed by atoms with Crippen LogP contribution < -0.4 is 9.47 Å². The second kappa shape index (κ2) is 11.0. The Bertz CT molecular complexity index is 992. The first-order valence-corrected chi connectivity index (χ1v) is 12.6. The van der Waals surface area contributed by atoms with Crippen molar-refractivity contribution < 1.29 is 32.2 Å². The van der Waals surface area contributed by atoms with Crippen LogP contribution in [0.4, 0.5) is 0 Å². The summed E-state index contributed by atoms with van der Waals surface area (Å²) in [6.45, 7) is 1.12. The van der Waals surface area contributed by atoms with Crippen LogP contribution in [0.1, 0.15) is 37.7 Å². The van der Waals surface area contributed by atoms with E-state index >= 15 is 0 Å². The number of carbonyl (C=O) groups is 2. The number of methoxy groups -OCH3 is 3. The molecule has 1 aromatic rings. The Morgan fingerprint density at radius 1 is 0.970 bits per heavy atom. The summed E-state index contributed by atoms with van der Waals surface area (Å²) in [5, 5.41) is 0. The molecule has 2 fully saturated rings. The van der Waals surface area contributed by atoms with Crippen LogP contribution in [-0.2, 0) is 24.3 Å². The van der Waals surface area contributed by atoms with Gasteiger partial charge in [-0.15, -0.1) is 0 Å². The van der Waals surface area contributed by atoms with Crippen molar-refractivity contribution in [2.45, 2.75) is 37.0 Å². The summed E-state index contributed by atoms with van der Waals surface area (Å²) in [5.74, 6) is -0.0407. The highest BCUT2D eigenvalue weighted by Gasteiger charge is 2.35. The van der Waals surface area contributed by atoms with E-state index < -0.39 is 16.0 Å². The van der Waals surface area contributed by atoms with Gasteiger partial charge in [0.05, 0.1) is 21.3 Å². The number of benzene rings is 1. The molecule has 2 aliphatic rings. The van der Waals surface area contributed by atoms with Gasteiger partial charge in [0.15, 0.2) is 11.5 Å². The summed E-state index contributed by atoms with van der Waals surface area (Å²) in [6.07, 6.45) is 7.82. The first-order chi connectivity index (χ1) is 15.8. The van der Waals surface area contributed by atoms with E-state index in [0.717, 1.165) is 25.7 Å². The van der Waals surface area contributed by atoms with Crippen molar-refractivity contribution in [2.24, 2.45) is 5.92 Å². The van der Waals surface area contributed by atoms with Crippen LogP contribution in [0.3, 0.4) is 0 Å². The lowest BCUT2D eigenvalue weighted by atomic mass is 9.88. The molecule has 33 heavy (non-hydrogen) atoms. The van der Waals surface area contributed by atoms with Gasteiger partial charge in [-0.1, -0.05) is 19.3 Å². The molecule has 0 atom stereocenters. The van der Waals surface area contributed by atoms with Crippen LogP contribution in [0.5, 0.6) is 11.5 Å². The number of hydrogen-bond donors (Lipinski definition) is 0. The zero-order valence-corrected chi connectivity index (χ0v) is 20.2. The Hall–Kier alpha value is -2.59. The Labute approximate surface area is 195 Å². The number of piperazine rings is 1. The molecule has 9 nitrogen and oxygen atoms in total. The summed E-state index contributed by atoms with van der Waals surface area (Å²) in [4.78, 5) is 26.0. The second-order valence-corrected chi connectivity index (χ2v) is 10.1. The first kappa shape index (κ1) is 25.0. The molecule has 1 amide bonds. The predicted molar refractivity (Wildman–Crippen MR) is 123 cm³/mol. The number of esters is 1. The summed E-state index contributed by atoms with van der Waals surface area (Å²) in [7, 11) is 0.113. The molecule has 1 aliphatic carbocycles. The van der Waals surface area contributed by atoms with Crippen LogP contribution in [0.25, 0.3) is 6.08 Å². The molecule has 3 rings (SSSR count). The highest BCUT2D eigenvalue weighted by atomic mass is 32.2. The van der Waals surface area contributed by atoms with Gasteiger partial charge in [-0.3, -0.25) is 4.79 Å². The van der Waals surface area contributed by atoms with Crippen molar-refractivity contribution in [2.75, 3.05) is 47.5 Å². The molecular formula is C23H32N2O7S. The minimum absolute atomic E-state index is 0.0547. The molecule has 1 saturated carbocycles. The third-order valence-electron chi connectivity index (χ3n) is 6.20. The second-order valence-electron chi connectivity index (χ2n) is 8.18. The largest absolute Gasteiger partial charge is 0.493 e. The van der Waals surface area contributed by atoms with Gasteiger partial charge >= 0.3 is 5.97 Å². The van der Waals surface area contributed by atoms with E-state index in [-0.39, 0.29) is 41.3 Å². The average Bonchev–Trinajstić information content (AvgIpc) is 2.86. The Balaban J connectivity index is 1.82. The fraction of sp³-hybridized carbons (Fsp3) is 0.565. The molecule has 0 bridgehead atoms. The summed E-state index contributed by atoms with van der Waals surface area (Å²) < 4.78 is 43.7. The van der Waals surface area contributed by atoms with E-state index in [1.807, 2.05) is 0 Å². The van der Waals surface area contributed by atoms with Gasteiger partial charge in [0.2, 0.25) is 15.9 Å². The fourth-order valence-corrected chi connectivity index (χ4v) is 5.99. The summed E-state index contributed by atoms with van der Waals surface area (Å²) in [6, 6.07) is 3.02. The monoisotopic (exact) mass is 480 g/mol. The number of ether oxygens (including phenoxy) is 3. The Kier molecular flexibility index (Phi) is 8.36. The van der Waals surface area contributed by atoms with Crippen LogP contribution in [0.15, 0.2) is 23.1 Å². The molecule has 0 aromatic heterocycles. The van der Waals surface area contributed by atoms with Gasteiger partial charge in [-0.2, -0.15) is 4.31 Å². The molecule has 182 valence electrons. The van der Waals surface area contributed by atoms with Gasteiger partial charge < -0.3 is 19.1 Å². The van der Waals surface area contributed by atoms with Crippen LogP contribution in [0, 0.1) is 5.92 Å². The first-order valence-electron chi connectivity index (χ1n) is 11.1. The summed E-state index contributed by atoms with van der Waals surface area (Å²) >= 11 is 0. The molecular weight excluding hydrogens is 448 g/mol. The Morgan fingerprint density at radius 2 is 1.64 bits per heavy atom. The lowest BCUT2D eigenvalue weighted by molar-refractivity contribution is -0.138. The highest BCUT2D eigenvalue weighted by Crippen LogP contribution is 2.38. The third kappa shape index (κ3) is 5.67. The maximum absolute atomic E-state index is 13.5. The minimum atomic E-state index is -3.94. The van der Waals surface area contributed by atoms with Crippen molar-refractivity contribution in [3.63, 3.8) is 0 Å². The molecule has 1 aliphatic heterocycles. The van der Waals surface area contributed by atoms with Crippen molar-refractivity contribution in [1.82, 2.24) is 9.21 Å². The van der Waals surface area contributed by atoms with Crippen molar-refractivity contribution in [1.29, 1.82) is 0 Å². The van der Waals surface area contributed by atoms with E-state index in [2.05, 4.69) is 4.74 Å². The SMILES string of the molecule is COC(=O)/C=C/c1cc(OC)c(OC)c(S(=O)(=O)N2CCN(C(=O)C3CCCCC3)CC2)c1. The van der Waals surface area contributed by atoms with Gasteiger partial charge in [-0.25, -0.2) is 13.2 Å². The number of rotatable bonds is 7. The zero-order chi connectivity index (χ0) is 24.0. The molecule has 10 heteroatoms. The molecule has 0 spiro atoms. The highest BCUT2D eigenvalue weighted by molar-refractivity contribution is 7.89. The maximum Gasteiger partial charge on any atom is 0.330 e. The van der Waals surface area contributed by atoms with Gasteiger partial charge in [-0.05, 0) is 36.6 Å². The topological polar surface area (TPSA) is 102 Å². The molecule has 1 heterocycles. The smallest absolute Gasteiger partial charge is 0.330 e. The Morgan fingerprint density at radius 3 is 2.21 bits per heavy atom. The molecule has 0 radical (unpaired) electrons. The quantitative estimate of drug-likeness (QED) is 0.436. The van der Waals surface area contributed by atoms with E-state index in [1.165, 1.54) is 50.3 Å². The van der Waals surface area contributed by atoms with Gasteiger partial charge in [0.25, 0.3) is 0 Å². The molecule has 0 N–H and O–H groups in total. The number of hydrogen-bond acceptors (Lipinski definition) is 7. The minimum Gasteiger partial charge on any atom is -0.493 e. The normalized spacial score (nSPS) is 18.3. The number of carbonyl (C=O) groups excluding carboxylic acids is 2. The van der Waals surface area contributed by atoms with E-state index in [9.17, 15) is 18.0 Å². The van der Waals surface area contributed by atoms with Crippen LogP contribution in [0.2, 0.25) is 0 Å². The standard InChI is InChI=1S/C23H32N2O7S/c1-30-19-15-17(9-10-21(26)31-2)16-20(22(19)32-3)33(28,29)25-13-11-24(12-14-25)23(27)18-7-5-4-6-8-18/h9-10,15-16,18H,4-8,11-14H2,1-3H3/b10-9+.